The molecule has 3 aliphatic rings. The van der Waals surface area contributed by atoms with Crippen molar-refractivity contribution in [3.05, 3.63) is 32.5 Å². The van der Waals surface area contributed by atoms with E-state index < -0.39 is 12.2 Å². The van der Waals surface area contributed by atoms with E-state index >= 15 is 0 Å². The topological polar surface area (TPSA) is 63.5 Å². The molecule has 11 heteroatoms. The molecule has 2 aromatic rings. The summed E-state index contributed by atoms with van der Waals surface area (Å²) in [5.74, 6) is 0.556. The Hall–Kier alpha value is -2.14. The van der Waals surface area contributed by atoms with Gasteiger partial charge < -0.3 is 14.5 Å². The average molecular weight is 441 g/mol. The molecule has 1 unspecified atom stereocenters. The van der Waals surface area contributed by atoms with Crippen molar-refractivity contribution in [3.63, 3.8) is 0 Å². The Balaban J connectivity index is 1.51. The summed E-state index contributed by atoms with van der Waals surface area (Å²) < 4.78 is 48.6. The fourth-order valence-electron chi connectivity index (χ4n) is 4.67. The monoisotopic (exact) mass is 441 g/mol. The number of aromatic nitrogens is 3. The summed E-state index contributed by atoms with van der Waals surface area (Å²) in [4.78, 5) is 25.8. The molecule has 0 spiro atoms. The largest absolute Gasteiger partial charge is 0.408 e. The SMILES string of the molecule is Cc1ncsc1CCN1c2nc(N3C[C@@H]4CC3CO4)cc(=O)n2CC[C@H]1C(F)(F)F. The van der Waals surface area contributed by atoms with Gasteiger partial charge in [-0.2, -0.15) is 18.2 Å². The number of hydrogen-bond acceptors (Lipinski definition) is 7. The van der Waals surface area contributed by atoms with Crippen molar-refractivity contribution >= 4 is 23.1 Å². The van der Waals surface area contributed by atoms with Crippen LogP contribution in [0.25, 0.3) is 0 Å². The summed E-state index contributed by atoms with van der Waals surface area (Å²) in [6.07, 6.45) is -3.18. The smallest absolute Gasteiger partial charge is 0.374 e. The third-order valence-corrected chi connectivity index (χ3v) is 7.23. The molecule has 3 atom stereocenters. The van der Waals surface area contributed by atoms with Crippen molar-refractivity contribution in [2.45, 2.75) is 57.1 Å². The highest BCUT2D eigenvalue weighted by atomic mass is 32.1. The van der Waals surface area contributed by atoms with Crippen molar-refractivity contribution in [1.82, 2.24) is 14.5 Å². The van der Waals surface area contributed by atoms with Crippen LogP contribution in [0.5, 0.6) is 0 Å². The summed E-state index contributed by atoms with van der Waals surface area (Å²) in [5, 5.41) is 0. The number of alkyl halides is 3. The van der Waals surface area contributed by atoms with Crippen LogP contribution in [-0.4, -0.2) is 58.6 Å². The molecule has 2 saturated heterocycles. The van der Waals surface area contributed by atoms with Gasteiger partial charge in [0, 0.05) is 37.0 Å². The summed E-state index contributed by atoms with van der Waals surface area (Å²) in [6, 6.07) is -0.0876. The standard InChI is InChI=1S/C19H22F3N5O2S/c1-11-14(30-10-23-11)2-4-25-15(19(20,21)22)3-5-26-17(28)7-16(24-18(25)26)27-8-13-6-12(27)9-29-13/h7,10,12-13,15H,2-6,8-9H2,1H3/t12?,13-,15-/m0/s1. The lowest BCUT2D eigenvalue weighted by Gasteiger charge is -2.39. The fourth-order valence-corrected chi connectivity index (χ4v) is 5.44. The molecule has 0 aromatic carbocycles. The molecule has 30 heavy (non-hydrogen) atoms. The number of aryl methyl sites for hydroxylation is 1. The Morgan fingerprint density at radius 1 is 1.37 bits per heavy atom. The molecule has 0 N–H and O–H groups in total. The van der Waals surface area contributed by atoms with Crippen molar-refractivity contribution in [3.8, 4) is 0 Å². The van der Waals surface area contributed by atoms with Gasteiger partial charge in [0.1, 0.15) is 11.9 Å². The molecule has 0 aliphatic carbocycles. The minimum atomic E-state index is -4.40. The van der Waals surface area contributed by atoms with Gasteiger partial charge in [-0.3, -0.25) is 9.36 Å². The summed E-state index contributed by atoms with van der Waals surface area (Å²) >= 11 is 1.43. The third-order valence-electron chi connectivity index (χ3n) is 6.23. The van der Waals surface area contributed by atoms with Crippen LogP contribution in [-0.2, 0) is 17.7 Å². The predicted molar refractivity (Wildman–Crippen MR) is 106 cm³/mol. The highest BCUT2D eigenvalue weighted by Crippen LogP contribution is 2.36. The number of thiazole rings is 1. The zero-order valence-corrected chi connectivity index (χ0v) is 17.2. The van der Waals surface area contributed by atoms with Crippen LogP contribution in [0.3, 0.4) is 0 Å². The Labute approximate surface area is 175 Å². The van der Waals surface area contributed by atoms with Gasteiger partial charge >= 0.3 is 6.18 Å². The van der Waals surface area contributed by atoms with E-state index in [4.69, 9.17) is 4.74 Å². The van der Waals surface area contributed by atoms with Crippen LogP contribution in [0.15, 0.2) is 16.4 Å². The second kappa shape index (κ2) is 7.23. The minimum Gasteiger partial charge on any atom is -0.374 e. The maximum Gasteiger partial charge on any atom is 0.408 e. The van der Waals surface area contributed by atoms with Crippen LogP contribution in [0, 0.1) is 6.92 Å². The highest BCUT2D eigenvalue weighted by Gasteiger charge is 2.47. The summed E-state index contributed by atoms with van der Waals surface area (Å²) in [5.41, 5.74) is 2.22. The van der Waals surface area contributed by atoms with Gasteiger partial charge in [-0.25, -0.2) is 4.98 Å². The number of ether oxygens (including phenoxy) is 1. The molecule has 7 nitrogen and oxygen atoms in total. The van der Waals surface area contributed by atoms with Crippen molar-refractivity contribution in [2.75, 3.05) is 29.5 Å². The van der Waals surface area contributed by atoms with E-state index in [9.17, 15) is 18.0 Å². The lowest BCUT2D eigenvalue weighted by atomic mass is 10.1. The fraction of sp³-hybridized carbons (Fsp3) is 0.632. The number of fused-ring (bicyclic) bond motifs is 3. The predicted octanol–water partition coefficient (Wildman–Crippen LogP) is 2.37. The summed E-state index contributed by atoms with van der Waals surface area (Å²) in [7, 11) is 0. The van der Waals surface area contributed by atoms with E-state index in [1.54, 1.807) is 5.51 Å². The minimum absolute atomic E-state index is 0.0108. The second-order valence-corrected chi connectivity index (χ2v) is 8.99. The van der Waals surface area contributed by atoms with Crippen molar-refractivity contribution < 1.29 is 17.9 Å². The Bertz CT molecular complexity index is 1010. The van der Waals surface area contributed by atoms with Crippen LogP contribution in [0.1, 0.15) is 23.4 Å². The van der Waals surface area contributed by atoms with Crippen LogP contribution in [0.4, 0.5) is 24.9 Å². The first kappa shape index (κ1) is 19.8. The number of morpholine rings is 1. The zero-order valence-electron chi connectivity index (χ0n) is 16.4. The van der Waals surface area contributed by atoms with Gasteiger partial charge in [-0.1, -0.05) is 0 Å². The second-order valence-electron chi connectivity index (χ2n) is 8.05. The van der Waals surface area contributed by atoms with Gasteiger partial charge in [0.25, 0.3) is 5.56 Å². The van der Waals surface area contributed by atoms with Crippen molar-refractivity contribution in [2.24, 2.45) is 0 Å². The number of anilines is 2. The molecule has 0 saturated carbocycles. The molecule has 0 amide bonds. The first-order chi connectivity index (χ1) is 14.3. The molecular formula is C19H22F3N5O2S. The number of hydrogen-bond donors (Lipinski definition) is 0. The quantitative estimate of drug-likeness (QED) is 0.726. The van der Waals surface area contributed by atoms with Gasteiger partial charge in [0.2, 0.25) is 5.95 Å². The average Bonchev–Trinajstić information content (AvgIpc) is 3.42. The number of halogens is 3. The first-order valence-electron chi connectivity index (χ1n) is 10.0. The molecule has 162 valence electrons. The van der Waals surface area contributed by atoms with Crippen molar-refractivity contribution in [1.29, 1.82) is 0 Å². The van der Waals surface area contributed by atoms with Gasteiger partial charge in [-0.05, 0) is 19.8 Å². The van der Waals surface area contributed by atoms with E-state index in [0.29, 0.717) is 25.4 Å². The summed E-state index contributed by atoms with van der Waals surface area (Å²) in [6.45, 7) is 3.16. The number of rotatable bonds is 4. The van der Waals surface area contributed by atoms with Gasteiger partial charge in [0.15, 0.2) is 0 Å². The number of nitrogens with zero attached hydrogens (tertiary/aromatic N) is 5. The third kappa shape index (κ3) is 3.37. The van der Waals surface area contributed by atoms with E-state index in [1.165, 1.54) is 26.9 Å². The molecule has 2 fully saturated rings. The molecule has 0 radical (unpaired) electrons. The highest BCUT2D eigenvalue weighted by molar-refractivity contribution is 7.09. The maximum atomic E-state index is 13.9. The first-order valence-corrected chi connectivity index (χ1v) is 10.9. The lowest BCUT2D eigenvalue weighted by Crippen LogP contribution is -2.53. The van der Waals surface area contributed by atoms with Crippen LogP contribution < -0.4 is 15.4 Å². The van der Waals surface area contributed by atoms with E-state index in [0.717, 1.165) is 17.0 Å². The molecule has 5 rings (SSSR count). The molecular weight excluding hydrogens is 419 g/mol. The molecule has 2 bridgehead atoms. The maximum absolute atomic E-state index is 13.9. The Morgan fingerprint density at radius 2 is 2.20 bits per heavy atom. The van der Waals surface area contributed by atoms with Crippen LogP contribution >= 0.6 is 11.3 Å². The lowest BCUT2D eigenvalue weighted by molar-refractivity contribution is -0.152. The van der Waals surface area contributed by atoms with E-state index in [2.05, 4.69) is 9.97 Å². The zero-order chi connectivity index (χ0) is 21.0. The van der Waals surface area contributed by atoms with E-state index in [-0.39, 0.29) is 43.2 Å². The molecule has 5 heterocycles. The Kier molecular flexibility index (Phi) is 4.77. The molecule has 3 aliphatic heterocycles. The van der Waals surface area contributed by atoms with E-state index in [1.807, 2.05) is 11.8 Å². The van der Waals surface area contributed by atoms with Gasteiger partial charge in [0.05, 0.1) is 30.0 Å². The van der Waals surface area contributed by atoms with Crippen LogP contribution in [0.2, 0.25) is 0 Å². The van der Waals surface area contributed by atoms with Gasteiger partial charge in [-0.15, -0.1) is 11.3 Å². The molecule has 2 aromatic heterocycles. The normalized spacial score (nSPS) is 25.8. The Morgan fingerprint density at radius 3 is 2.83 bits per heavy atom.